The summed E-state index contributed by atoms with van der Waals surface area (Å²) in [6.07, 6.45) is 1.68. The zero-order valence-electron chi connectivity index (χ0n) is 16.1. The summed E-state index contributed by atoms with van der Waals surface area (Å²) in [7, 11) is -2.39. The number of esters is 1. The van der Waals surface area contributed by atoms with Crippen LogP contribution in [0.5, 0.6) is 5.75 Å². The molecule has 1 aliphatic rings. The van der Waals surface area contributed by atoms with E-state index in [2.05, 4.69) is 10.0 Å². The molecule has 0 aliphatic heterocycles. The van der Waals surface area contributed by atoms with Gasteiger partial charge in [-0.2, -0.15) is 0 Å². The summed E-state index contributed by atoms with van der Waals surface area (Å²) in [6.45, 7) is 3.48. The topological polar surface area (TPSA) is 93.7 Å². The monoisotopic (exact) mass is 404 g/mol. The third-order valence-electron chi connectivity index (χ3n) is 4.13. The SMILES string of the molecule is COc1ccc(NS(=O)(=O)c2cc(C(=O)OC(C)C)ccc2NC2CC2)cc1. The van der Waals surface area contributed by atoms with Gasteiger partial charge in [0.05, 0.1) is 24.5 Å². The van der Waals surface area contributed by atoms with E-state index >= 15 is 0 Å². The minimum absolute atomic E-state index is 0.00780. The van der Waals surface area contributed by atoms with E-state index in [0.29, 0.717) is 17.1 Å². The minimum Gasteiger partial charge on any atom is -0.497 e. The van der Waals surface area contributed by atoms with Gasteiger partial charge in [-0.3, -0.25) is 4.72 Å². The molecule has 3 rings (SSSR count). The predicted octanol–water partition coefficient (Wildman–Crippen LogP) is 3.64. The van der Waals surface area contributed by atoms with Crippen LogP contribution in [0.2, 0.25) is 0 Å². The van der Waals surface area contributed by atoms with Crippen LogP contribution in [0, 0.1) is 0 Å². The summed E-state index contributed by atoms with van der Waals surface area (Å²) in [6, 6.07) is 11.3. The molecule has 8 heteroatoms. The molecule has 1 aliphatic carbocycles. The summed E-state index contributed by atoms with van der Waals surface area (Å²) in [5, 5.41) is 3.21. The Morgan fingerprint density at radius 3 is 2.36 bits per heavy atom. The second-order valence-electron chi connectivity index (χ2n) is 6.92. The number of hydrogen-bond donors (Lipinski definition) is 2. The number of rotatable bonds is 8. The van der Waals surface area contributed by atoms with Gasteiger partial charge in [0.25, 0.3) is 10.0 Å². The van der Waals surface area contributed by atoms with E-state index < -0.39 is 16.0 Å². The Morgan fingerprint density at radius 2 is 1.79 bits per heavy atom. The Morgan fingerprint density at radius 1 is 1.11 bits per heavy atom. The Bertz CT molecular complexity index is 951. The van der Waals surface area contributed by atoms with E-state index in [1.807, 2.05) is 0 Å². The first kappa shape index (κ1) is 20.0. The molecule has 2 N–H and O–H groups in total. The molecule has 2 aromatic carbocycles. The number of hydrogen-bond acceptors (Lipinski definition) is 6. The number of benzene rings is 2. The van der Waals surface area contributed by atoms with Crippen molar-refractivity contribution in [3.63, 3.8) is 0 Å². The first-order valence-electron chi connectivity index (χ1n) is 9.07. The van der Waals surface area contributed by atoms with Crippen LogP contribution >= 0.6 is 0 Å². The van der Waals surface area contributed by atoms with Crippen molar-refractivity contribution in [2.24, 2.45) is 0 Å². The van der Waals surface area contributed by atoms with Crippen molar-refractivity contribution in [1.29, 1.82) is 0 Å². The van der Waals surface area contributed by atoms with Crippen LogP contribution in [-0.4, -0.2) is 33.6 Å². The van der Waals surface area contributed by atoms with Crippen molar-refractivity contribution in [2.45, 2.75) is 43.7 Å². The lowest BCUT2D eigenvalue weighted by atomic mass is 10.2. The van der Waals surface area contributed by atoms with Crippen molar-refractivity contribution < 1.29 is 22.7 Å². The number of carbonyl (C=O) groups is 1. The van der Waals surface area contributed by atoms with Crippen LogP contribution in [0.15, 0.2) is 47.4 Å². The van der Waals surface area contributed by atoms with Crippen LogP contribution in [0.4, 0.5) is 11.4 Å². The number of anilines is 2. The summed E-state index contributed by atoms with van der Waals surface area (Å²) >= 11 is 0. The van der Waals surface area contributed by atoms with Crippen molar-refractivity contribution in [2.75, 3.05) is 17.1 Å². The van der Waals surface area contributed by atoms with Gasteiger partial charge in [-0.25, -0.2) is 13.2 Å². The summed E-state index contributed by atoms with van der Waals surface area (Å²) < 4.78 is 38.9. The average molecular weight is 404 g/mol. The van der Waals surface area contributed by atoms with Gasteiger partial charge in [-0.05, 0) is 69.2 Å². The number of nitrogens with one attached hydrogen (secondary N) is 2. The summed E-state index contributed by atoms with van der Waals surface area (Å²) in [5.41, 5.74) is 1.04. The Kier molecular flexibility index (Phi) is 5.79. The molecule has 0 saturated heterocycles. The lowest BCUT2D eigenvalue weighted by Crippen LogP contribution is -2.18. The van der Waals surface area contributed by atoms with Gasteiger partial charge < -0.3 is 14.8 Å². The minimum atomic E-state index is -3.93. The van der Waals surface area contributed by atoms with Gasteiger partial charge in [0.15, 0.2) is 0 Å². The molecule has 0 amide bonds. The summed E-state index contributed by atoms with van der Waals surface area (Å²) in [4.78, 5) is 12.2. The molecule has 0 aromatic heterocycles. The fourth-order valence-electron chi connectivity index (χ4n) is 2.59. The quantitative estimate of drug-likeness (QED) is 0.653. The largest absolute Gasteiger partial charge is 0.497 e. The number of sulfonamides is 1. The highest BCUT2D eigenvalue weighted by Crippen LogP contribution is 2.31. The van der Waals surface area contributed by atoms with E-state index in [4.69, 9.17) is 9.47 Å². The Hall–Kier alpha value is -2.74. The van der Waals surface area contributed by atoms with Crippen molar-refractivity contribution >= 4 is 27.4 Å². The van der Waals surface area contributed by atoms with Crippen LogP contribution in [0.1, 0.15) is 37.0 Å². The Labute approximate surface area is 165 Å². The van der Waals surface area contributed by atoms with E-state index in [1.165, 1.54) is 13.2 Å². The van der Waals surface area contributed by atoms with E-state index in [1.54, 1.807) is 50.2 Å². The van der Waals surface area contributed by atoms with Gasteiger partial charge in [-0.15, -0.1) is 0 Å². The molecule has 1 fully saturated rings. The molecule has 0 spiro atoms. The van der Waals surface area contributed by atoms with Crippen LogP contribution in [0.25, 0.3) is 0 Å². The van der Waals surface area contributed by atoms with Crippen molar-refractivity contribution in [1.82, 2.24) is 0 Å². The molecule has 28 heavy (non-hydrogen) atoms. The molecule has 2 aromatic rings. The van der Waals surface area contributed by atoms with E-state index in [-0.39, 0.29) is 22.6 Å². The number of ether oxygens (including phenoxy) is 2. The molecular weight excluding hydrogens is 380 g/mol. The molecule has 0 atom stereocenters. The molecule has 0 radical (unpaired) electrons. The van der Waals surface area contributed by atoms with Crippen LogP contribution in [-0.2, 0) is 14.8 Å². The normalized spacial score (nSPS) is 13.9. The Balaban J connectivity index is 1.93. The van der Waals surface area contributed by atoms with Crippen molar-refractivity contribution in [3.8, 4) is 5.75 Å². The maximum atomic E-state index is 13.0. The summed E-state index contributed by atoms with van der Waals surface area (Å²) in [5.74, 6) is 0.0614. The van der Waals surface area contributed by atoms with Gasteiger partial charge >= 0.3 is 5.97 Å². The second-order valence-corrected chi connectivity index (χ2v) is 8.57. The molecular formula is C20H24N2O5S. The second kappa shape index (κ2) is 8.10. The van der Waals surface area contributed by atoms with Crippen LogP contribution in [0.3, 0.4) is 0 Å². The fraction of sp³-hybridized carbons (Fsp3) is 0.350. The first-order valence-corrected chi connectivity index (χ1v) is 10.6. The van der Waals surface area contributed by atoms with E-state index in [9.17, 15) is 13.2 Å². The van der Waals surface area contributed by atoms with Gasteiger partial charge in [0.2, 0.25) is 0 Å². The third kappa shape index (κ3) is 4.95. The zero-order valence-corrected chi connectivity index (χ0v) is 16.9. The van der Waals surface area contributed by atoms with Gasteiger partial charge in [-0.1, -0.05) is 0 Å². The zero-order chi connectivity index (χ0) is 20.3. The molecule has 7 nitrogen and oxygen atoms in total. The lowest BCUT2D eigenvalue weighted by molar-refractivity contribution is 0.0377. The van der Waals surface area contributed by atoms with Crippen molar-refractivity contribution in [3.05, 3.63) is 48.0 Å². The molecule has 150 valence electrons. The fourth-order valence-corrected chi connectivity index (χ4v) is 3.84. The molecule has 0 heterocycles. The average Bonchev–Trinajstić information content (AvgIpc) is 3.45. The highest BCUT2D eigenvalue weighted by Gasteiger charge is 2.27. The highest BCUT2D eigenvalue weighted by molar-refractivity contribution is 7.92. The lowest BCUT2D eigenvalue weighted by Gasteiger charge is -2.16. The number of carbonyl (C=O) groups excluding carboxylic acids is 1. The molecule has 0 bridgehead atoms. The maximum Gasteiger partial charge on any atom is 0.338 e. The molecule has 0 unspecified atom stereocenters. The smallest absolute Gasteiger partial charge is 0.338 e. The first-order chi connectivity index (χ1) is 13.3. The highest BCUT2D eigenvalue weighted by atomic mass is 32.2. The molecule has 1 saturated carbocycles. The predicted molar refractivity (Wildman–Crippen MR) is 107 cm³/mol. The maximum absolute atomic E-state index is 13.0. The standard InChI is InChI=1S/C20H24N2O5S/c1-13(2)27-20(23)14-4-11-18(21-15-5-6-15)19(12-14)28(24,25)22-16-7-9-17(26-3)10-8-16/h4,7-13,15,21-22H,5-6H2,1-3H3. The van der Waals surface area contributed by atoms with E-state index in [0.717, 1.165) is 12.8 Å². The third-order valence-corrected chi connectivity index (χ3v) is 5.55. The number of methoxy groups -OCH3 is 1. The van der Waals surface area contributed by atoms with Gasteiger partial charge in [0, 0.05) is 11.7 Å². The van der Waals surface area contributed by atoms with Gasteiger partial charge in [0.1, 0.15) is 10.6 Å². The van der Waals surface area contributed by atoms with Crippen LogP contribution < -0.4 is 14.8 Å².